The van der Waals surface area contributed by atoms with E-state index in [4.69, 9.17) is 11.6 Å². The highest BCUT2D eigenvalue weighted by Crippen LogP contribution is 2.29. The first-order chi connectivity index (χ1) is 15.9. The molecule has 11 heteroatoms. The lowest BCUT2D eigenvalue weighted by molar-refractivity contribution is -0.125. The highest BCUT2D eigenvalue weighted by atomic mass is 35.5. The SMILES string of the molecule is CCNC(=O)C1CCCN(c2nc3ncn(CC(=O)Nc4ccc(C)c(Cl)c4)c(=O)c3s2)C1. The number of halogens is 1. The Balaban J connectivity index is 1.50. The van der Waals surface area contributed by atoms with E-state index in [2.05, 4.69) is 20.6 Å². The normalized spacial score (nSPS) is 16.1. The number of nitrogens with one attached hydrogen (secondary N) is 2. The van der Waals surface area contributed by atoms with Crippen molar-refractivity contribution in [3.8, 4) is 0 Å². The molecule has 2 amide bonds. The lowest BCUT2D eigenvalue weighted by Gasteiger charge is -2.31. The summed E-state index contributed by atoms with van der Waals surface area (Å²) in [4.78, 5) is 48.5. The van der Waals surface area contributed by atoms with Gasteiger partial charge in [0.2, 0.25) is 11.8 Å². The molecule has 1 atom stereocenters. The molecule has 33 heavy (non-hydrogen) atoms. The number of carbonyl (C=O) groups excluding carboxylic acids is 2. The number of benzene rings is 1. The molecule has 0 saturated carbocycles. The van der Waals surface area contributed by atoms with Gasteiger partial charge in [-0.2, -0.15) is 4.98 Å². The largest absolute Gasteiger partial charge is 0.356 e. The summed E-state index contributed by atoms with van der Waals surface area (Å²) >= 11 is 7.35. The third-order valence-corrected chi connectivity index (χ3v) is 7.06. The molecule has 174 valence electrons. The van der Waals surface area contributed by atoms with E-state index in [0.29, 0.717) is 39.3 Å². The van der Waals surface area contributed by atoms with Crippen molar-refractivity contribution in [2.75, 3.05) is 29.9 Å². The molecule has 1 saturated heterocycles. The van der Waals surface area contributed by atoms with Crippen LogP contribution in [0.15, 0.2) is 29.3 Å². The number of aryl methyl sites for hydroxylation is 1. The summed E-state index contributed by atoms with van der Waals surface area (Å²) in [6, 6.07) is 5.24. The third-order valence-electron chi connectivity index (χ3n) is 5.56. The number of hydrogen-bond donors (Lipinski definition) is 2. The smallest absolute Gasteiger partial charge is 0.273 e. The summed E-state index contributed by atoms with van der Waals surface area (Å²) in [6.45, 7) is 5.53. The quantitative estimate of drug-likeness (QED) is 0.552. The van der Waals surface area contributed by atoms with Gasteiger partial charge >= 0.3 is 0 Å². The number of aromatic nitrogens is 3. The van der Waals surface area contributed by atoms with Gasteiger partial charge in [0.25, 0.3) is 5.56 Å². The van der Waals surface area contributed by atoms with Crippen LogP contribution in [0.3, 0.4) is 0 Å². The van der Waals surface area contributed by atoms with E-state index in [1.54, 1.807) is 12.1 Å². The van der Waals surface area contributed by atoms with Crippen molar-refractivity contribution in [2.24, 2.45) is 5.92 Å². The molecule has 0 radical (unpaired) electrons. The second-order valence-corrected chi connectivity index (χ2v) is 9.40. The van der Waals surface area contributed by atoms with Crippen LogP contribution in [-0.4, -0.2) is 46.0 Å². The fourth-order valence-corrected chi connectivity index (χ4v) is 4.98. The zero-order chi connectivity index (χ0) is 23.5. The minimum Gasteiger partial charge on any atom is -0.356 e. The van der Waals surface area contributed by atoms with Gasteiger partial charge in [-0.05, 0) is 44.4 Å². The summed E-state index contributed by atoms with van der Waals surface area (Å²) in [6.07, 6.45) is 3.04. The molecule has 3 aromatic rings. The van der Waals surface area contributed by atoms with Gasteiger partial charge in [-0.15, -0.1) is 0 Å². The van der Waals surface area contributed by atoms with Crippen LogP contribution in [0.1, 0.15) is 25.3 Å². The summed E-state index contributed by atoms with van der Waals surface area (Å²) in [7, 11) is 0. The maximum Gasteiger partial charge on any atom is 0.273 e. The second-order valence-electron chi connectivity index (χ2n) is 8.02. The van der Waals surface area contributed by atoms with Crippen LogP contribution < -0.4 is 21.1 Å². The van der Waals surface area contributed by atoms with Crippen molar-refractivity contribution in [2.45, 2.75) is 33.2 Å². The first-order valence-electron chi connectivity index (χ1n) is 10.8. The lowest BCUT2D eigenvalue weighted by Crippen LogP contribution is -2.43. The van der Waals surface area contributed by atoms with Gasteiger partial charge < -0.3 is 15.5 Å². The third kappa shape index (κ3) is 5.17. The average molecular weight is 489 g/mol. The highest BCUT2D eigenvalue weighted by Gasteiger charge is 2.27. The van der Waals surface area contributed by atoms with Gasteiger partial charge in [0.15, 0.2) is 10.8 Å². The van der Waals surface area contributed by atoms with Crippen LogP contribution in [0.5, 0.6) is 0 Å². The Morgan fingerprint density at radius 3 is 2.91 bits per heavy atom. The van der Waals surface area contributed by atoms with Crippen LogP contribution in [0, 0.1) is 12.8 Å². The topological polar surface area (TPSA) is 109 Å². The fraction of sp³-hybridized carbons (Fsp3) is 0.409. The number of hydrogen-bond acceptors (Lipinski definition) is 7. The average Bonchev–Trinajstić information content (AvgIpc) is 3.24. The van der Waals surface area contributed by atoms with Gasteiger partial charge in [0.05, 0.1) is 5.92 Å². The van der Waals surface area contributed by atoms with Crippen molar-refractivity contribution in [1.29, 1.82) is 0 Å². The zero-order valence-electron chi connectivity index (χ0n) is 18.4. The van der Waals surface area contributed by atoms with Gasteiger partial charge in [-0.25, -0.2) is 4.98 Å². The molecule has 1 fully saturated rings. The van der Waals surface area contributed by atoms with Crippen LogP contribution in [0.25, 0.3) is 10.3 Å². The number of fused-ring (bicyclic) bond motifs is 1. The maximum atomic E-state index is 13.0. The van der Waals surface area contributed by atoms with Crippen LogP contribution in [0.2, 0.25) is 5.02 Å². The molecular weight excluding hydrogens is 464 g/mol. The predicted octanol–water partition coefficient (Wildman–Crippen LogP) is 2.81. The Labute approximate surface area is 199 Å². The molecule has 2 N–H and O–H groups in total. The number of amides is 2. The highest BCUT2D eigenvalue weighted by molar-refractivity contribution is 7.22. The van der Waals surface area contributed by atoms with E-state index in [-0.39, 0.29) is 29.8 Å². The summed E-state index contributed by atoms with van der Waals surface area (Å²) < 4.78 is 1.65. The van der Waals surface area contributed by atoms with E-state index in [1.165, 1.54) is 22.2 Å². The molecule has 2 aromatic heterocycles. The number of rotatable bonds is 6. The van der Waals surface area contributed by atoms with E-state index in [0.717, 1.165) is 24.9 Å². The van der Waals surface area contributed by atoms with Crippen LogP contribution in [0.4, 0.5) is 10.8 Å². The number of nitrogens with zero attached hydrogens (tertiary/aromatic N) is 4. The molecule has 1 aliphatic heterocycles. The molecule has 0 bridgehead atoms. The second kappa shape index (κ2) is 9.88. The van der Waals surface area contributed by atoms with Gasteiger partial charge in [-0.1, -0.05) is 29.0 Å². The van der Waals surface area contributed by atoms with Gasteiger partial charge in [0, 0.05) is 30.3 Å². The van der Waals surface area contributed by atoms with E-state index in [1.807, 2.05) is 24.8 Å². The Kier molecular flexibility index (Phi) is 6.94. The van der Waals surface area contributed by atoms with Crippen molar-refractivity contribution < 1.29 is 9.59 Å². The Morgan fingerprint density at radius 2 is 2.15 bits per heavy atom. The molecule has 4 rings (SSSR count). The van der Waals surface area contributed by atoms with Gasteiger partial charge in [0.1, 0.15) is 17.6 Å². The number of carbonyl (C=O) groups is 2. The zero-order valence-corrected chi connectivity index (χ0v) is 20.0. The molecule has 3 heterocycles. The number of anilines is 2. The summed E-state index contributed by atoms with van der Waals surface area (Å²) in [5.41, 5.74) is 1.50. The Morgan fingerprint density at radius 1 is 1.33 bits per heavy atom. The molecule has 9 nitrogen and oxygen atoms in total. The van der Waals surface area contributed by atoms with E-state index >= 15 is 0 Å². The van der Waals surface area contributed by atoms with Crippen LogP contribution in [-0.2, 0) is 16.1 Å². The first kappa shape index (κ1) is 23.2. The molecule has 0 aliphatic carbocycles. The predicted molar refractivity (Wildman–Crippen MR) is 130 cm³/mol. The van der Waals surface area contributed by atoms with E-state index in [9.17, 15) is 14.4 Å². The maximum absolute atomic E-state index is 13.0. The molecular formula is C22H25ClN6O3S. The first-order valence-corrected chi connectivity index (χ1v) is 12.0. The van der Waals surface area contributed by atoms with Crippen LogP contribution >= 0.6 is 22.9 Å². The molecule has 1 aromatic carbocycles. The monoisotopic (exact) mass is 488 g/mol. The molecule has 1 unspecified atom stereocenters. The van der Waals surface area contributed by atoms with Crippen molar-refractivity contribution >= 4 is 55.9 Å². The fourth-order valence-electron chi connectivity index (χ4n) is 3.79. The Bertz CT molecular complexity index is 1260. The number of thiazole rings is 1. The minimum absolute atomic E-state index is 0.0460. The lowest BCUT2D eigenvalue weighted by atomic mass is 9.97. The molecule has 0 spiro atoms. The number of piperidine rings is 1. The summed E-state index contributed by atoms with van der Waals surface area (Å²) in [5.74, 6) is -0.414. The Hall–Kier alpha value is -2.98. The minimum atomic E-state index is -0.358. The molecule has 1 aliphatic rings. The van der Waals surface area contributed by atoms with Crippen molar-refractivity contribution in [1.82, 2.24) is 19.9 Å². The van der Waals surface area contributed by atoms with Gasteiger partial charge in [-0.3, -0.25) is 19.0 Å². The van der Waals surface area contributed by atoms with E-state index < -0.39 is 0 Å². The summed E-state index contributed by atoms with van der Waals surface area (Å²) in [5, 5.41) is 6.85. The standard InChI is InChI=1S/C22H25ClN6O3S/c1-3-24-20(31)14-5-4-8-28(10-14)22-27-19-18(33-22)21(32)29(12-25-19)11-17(30)26-15-7-6-13(2)16(23)9-15/h6-7,9,12,14H,3-5,8,10-11H2,1-2H3,(H,24,31)(H,26,30). The van der Waals surface area contributed by atoms with Crippen molar-refractivity contribution in [3.63, 3.8) is 0 Å². The van der Waals surface area contributed by atoms with Crippen molar-refractivity contribution in [3.05, 3.63) is 45.5 Å².